The molecule has 2 atom stereocenters. The number of nitrogens with two attached hydrogens (primary N) is 1. The number of nitrogens with one attached hydrogen (secondary N) is 1. The molecule has 1 aromatic rings. The standard InChI is InChI=1S/C14H21FN2O/c1-9(2)7-13(16)14(18)17-10(3)11-5-4-6-12(15)8-11/h4-6,8-10,13H,7,16H2,1-3H3,(H,17,18)/t10?,13-/m0/s1. The van der Waals surface area contributed by atoms with Crippen molar-refractivity contribution in [3.63, 3.8) is 0 Å². The van der Waals surface area contributed by atoms with Gasteiger partial charge in [0.2, 0.25) is 5.91 Å². The summed E-state index contributed by atoms with van der Waals surface area (Å²) >= 11 is 0. The summed E-state index contributed by atoms with van der Waals surface area (Å²) in [7, 11) is 0. The van der Waals surface area contributed by atoms with Gasteiger partial charge in [0.05, 0.1) is 12.1 Å². The van der Waals surface area contributed by atoms with Crippen molar-refractivity contribution in [3.05, 3.63) is 35.6 Å². The van der Waals surface area contributed by atoms with Crippen molar-refractivity contribution in [1.82, 2.24) is 5.32 Å². The third kappa shape index (κ3) is 4.45. The van der Waals surface area contributed by atoms with Crippen molar-refractivity contribution in [2.24, 2.45) is 11.7 Å². The molecule has 0 heterocycles. The first-order valence-corrected chi connectivity index (χ1v) is 6.21. The molecule has 0 spiro atoms. The zero-order valence-corrected chi connectivity index (χ0v) is 11.1. The first-order valence-electron chi connectivity index (χ1n) is 6.21. The van der Waals surface area contributed by atoms with Crippen molar-refractivity contribution in [1.29, 1.82) is 0 Å². The third-order valence-corrected chi connectivity index (χ3v) is 2.77. The number of amides is 1. The van der Waals surface area contributed by atoms with Gasteiger partial charge in [0, 0.05) is 0 Å². The fraction of sp³-hybridized carbons (Fsp3) is 0.500. The normalized spacial score (nSPS) is 14.3. The van der Waals surface area contributed by atoms with Gasteiger partial charge in [-0.05, 0) is 37.0 Å². The van der Waals surface area contributed by atoms with Gasteiger partial charge >= 0.3 is 0 Å². The second-order valence-corrected chi connectivity index (χ2v) is 5.02. The van der Waals surface area contributed by atoms with Crippen LogP contribution < -0.4 is 11.1 Å². The molecule has 0 aromatic heterocycles. The zero-order chi connectivity index (χ0) is 13.7. The van der Waals surface area contributed by atoms with Crippen LogP contribution in [0.1, 0.15) is 38.8 Å². The molecule has 0 aliphatic heterocycles. The fourth-order valence-corrected chi connectivity index (χ4v) is 1.79. The van der Waals surface area contributed by atoms with Crippen LogP contribution in [0.4, 0.5) is 4.39 Å². The highest BCUT2D eigenvalue weighted by Gasteiger charge is 2.17. The summed E-state index contributed by atoms with van der Waals surface area (Å²) in [4.78, 5) is 11.8. The van der Waals surface area contributed by atoms with Gasteiger partial charge < -0.3 is 11.1 Å². The maximum atomic E-state index is 13.1. The predicted molar refractivity (Wildman–Crippen MR) is 70.4 cm³/mol. The Bertz CT molecular complexity index is 407. The maximum Gasteiger partial charge on any atom is 0.237 e. The minimum atomic E-state index is -0.513. The zero-order valence-electron chi connectivity index (χ0n) is 11.1. The van der Waals surface area contributed by atoms with E-state index in [1.165, 1.54) is 12.1 Å². The molecular weight excluding hydrogens is 231 g/mol. The van der Waals surface area contributed by atoms with E-state index in [2.05, 4.69) is 5.32 Å². The Morgan fingerprint density at radius 2 is 2.06 bits per heavy atom. The molecule has 0 saturated heterocycles. The largest absolute Gasteiger partial charge is 0.348 e. The number of carbonyl (C=O) groups excluding carboxylic acids is 1. The molecule has 0 radical (unpaired) electrons. The number of benzene rings is 1. The molecule has 100 valence electrons. The second-order valence-electron chi connectivity index (χ2n) is 5.02. The Morgan fingerprint density at radius 3 is 2.61 bits per heavy atom. The molecule has 1 aromatic carbocycles. The van der Waals surface area contributed by atoms with Crippen LogP contribution in [0.2, 0.25) is 0 Å². The quantitative estimate of drug-likeness (QED) is 0.845. The van der Waals surface area contributed by atoms with Crippen LogP contribution in [0.5, 0.6) is 0 Å². The predicted octanol–water partition coefficient (Wildman–Crippen LogP) is 2.38. The van der Waals surface area contributed by atoms with E-state index >= 15 is 0 Å². The first-order chi connectivity index (χ1) is 8.40. The third-order valence-electron chi connectivity index (χ3n) is 2.77. The smallest absolute Gasteiger partial charge is 0.237 e. The Morgan fingerprint density at radius 1 is 1.39 bits per heavy atom. The molecule has 18 heavy (non-hydrogen) atoms. The lowest BCUT2D eigenvalue weighted by molar-refractivity contribution is -0.123. The molecule has 0 bridgehead atoms. The number of carbonyl (C=O) groups is 1. The minimum absolute atomic E-state index is 0.194. The fourth-order valence-electron chi connectivity index (χ4n) is 1.79. The lowest BCUT2D eigenvalue weighted by atomic mass is 10.0. The monoisotopic (exact) mass is 252 g/mol. The van der Waals surface area contributed by atoms with E-state index in [9.17, 15) is 9.18 Å². The summed E-state index contributed by atoms with van der Waals surface area (Å²) in [5.74, 6) is -0.129. The van der Waals surface area contributed by atoms with E-state index < -0.39 is 6.04 Å². The summed E-state index contributed by atoms with van der Waals surface area (Å²) < 4.78 is 13.1. The number of halogens is 1. The molecule has 3 N–H and O–H groups in total. The first kappa shape index (κ1) is 14.6. The summed E-state index contributed by atoms with van der Waals surface area (Å²) in [6.07, 6.45) is 0.641. The van der Waals surface area contributed by atoms with Crippen LogP contribution in [0.15, 0.2) is 24.3 Å². The van der Waals surface area contributed by atoms with Crippen molar-refractivity contribution >= 4 is 5.91 Å². The Kier molecular flexibility index (Phi) is 5.28. The van der Waals surface area contributed by atoms with Gasteiger partial charge in [-0.15, -0.1) is 0 Å². The van der Waals surface area contributed by atoms with E-state index in [-0.39, 0.29) is 17.8 Å². The summed E-state index contributed by atoms with van der Waals surface area (Å²) in [6.45, 7) is 5.85. The highest BCUT2D eigenvalue weighted by atomic mass is 19.1. The molecule has 3 nitrogen and oxygen atoms in total. The van der Waals surface area contributed by atoms with Gasteiger partial charge in [-0.1, -0.05) is 26.0 Å². The van der Waals surface area contributed by atoms with Crippen LogP contribution >= 0.6 is 0 Å². The molecule has 1 unspecified atom stereocenters. The average Bonchev–Trinajstić information content (AvgIpc) is 2.27. The molecule has 1 rings (SSSR count). The molecule has 4 heteroatoms. The lowest BCUT2D eigenvalue weighted by Gasteiger charge is -2.19. The summed E-state index contributed by atoms with van der Waals surface area (Å²) in [5.41, 5.74) is 6.52. The van der Waals surface area contributed by atoms with Crippen molar-refractivity contribution in [2.75, 3.05) is 0 Å². The summed E-state index contributed by atoms with van der Waals surface area (Å²) in [6, 6.07) is 5.44. The number of hydrogen-bond acceptors (Lipinski definition) is 2. The Balaban J connectivity index is 2.59. The SMILES string of the molecule is CC(C)C[C@H](N)C(=O)NC(C)c1cccc(F)c1. The van der Waals surface area contributed by atoms with Gasteiger partial charge in [-0.25, -0.2) is 4.39 Å². The van der Waals surface area contributed by atoms with E-state index in [0.29, 0.717) is 12.3 Å². The van der Waals surface area contributed by atoms with Gasteiger partial charge in [-0.3, -0.25) is 4.79 Å². The molecule has 0 aliphatic carbocycles. The van der Waals surface area contributed by atoms with E-state index in [4.69, 9.17) is 5.73 Å². The van der Waals surface area contributed by atoms with Crippen molar-refractivity contribution < 1.29 is 9.18 Å². The van der Waals surface area contributed by atoms with Crippen LogP contribution in [0.3, 0.4) is 0 Å². The lowest BCUT2D eigenvalue weighted by Crippen LogP contribution is -2.42. The van der Waals surface area contributed by atoms with E-state index in [1.54, 1.807) is 12.1 Å². The maximum absolute atomic E-state index is 13.1. The van der Waals surface area contributed by atoms with Crippen molar-refractivity contribution in [2.45, 2.75) is 39.3 Å². The highest BCUT2D eigenvalue weighted by Crippen LogP contribution is 2.14. The number of hydrogen-bond donors (Lipinski definition) is 2. The van der Waals surface area contributed by atoms with Gasteiger partial charge in [0.25, 0.3) is 0 Å². The second kappa shape index (κ2) is 6.50. The van der Waals surface area contributed by atoms with Crippen LogP contribution in [-0.2, 0) is 4.79 Å². The molecule has 0 aliphatic rings. The molecule has 0 saturated carbocycles. The van der Waals surface area contributed by atoms with Gasteiger partial charge in [-0.2, -0.15) is 0 Å². The van der Waals surface area contributed by atoms with Crippen LogP contribution in [0, 0.1) is 11.7 Å². The molecule has 0 fully saturated rings. The van der Waals surface area contributed by atoms with E-state index in [0.717, 1.165) is 5.56 Å². The Labute approximate surface area is 108 Å². The number of rotatable bonds is 5. The molecular formula is C14H21FN2O. The minimum Gasteiger partial charge on any atom is -0.348 e. The van der Waals surface area contributed by atoms with Crippen LogP contribution in [-0.4, -0.2) is 11.9 Å². The topological polar surface area (TPSA) is 55.1 Å². The van der Waals surface area contributed by atoms with Crippen molar-refractivity contribution in [3.8, 4) is 0 Å². The van der Waals surface area contributed by atoms with Crippen LogP contribution in [0.25, 0.3) is 0 Å². The Hall–Kier alpha value is -1.42. The van der Waals surface area contributed by atoms with Gasteiger partial charge in [0.15, 0.2) is 0 Å². The highest BCUT2D eigenvalue weighted by molar-refractivity contribution is 5.81. The van der Waals surface area contributed by atoms with E-state index in [1.807, 2.05) is 20.8 Å². The summed E-state index contributed by atoms with van der Waals surface area (Å²) in [5, 5.41) is 2.80. The average molecular weight is 252 g/mol. The molecule has 1 amide bonds. The van der Waals surface area contributed by atoms with Gasteiger partial charge in [0.1, 0.15) is 5.82 Å².